The molecule has 0 fully saturated rings. The zero-order valence-electron chi connectivity index (χ0n) is 21.2. The second kappa shape index (κ2) is 11.7. The van der Waals surface area contributed by atoms with Crippen molar-refractivity contribution in [3.63, 3.8) is 0 Å². The molecule has 1 atom stereocenters. The van der Waals surface area contributed by atoms with Crippen LogP contribution in [0.5, 0.6) is 17.2 Å². The van der Waals surface area contributed by atoms with Gasteiger partial charge in [0.15, 0.2) is 0 Å². The van der Waals surface area contributed by atoms with Crippen LogP contribution in [0, 0.1) is 0 Å². The number of hydrogen-bond donors (Lipinski definition) is 1. The molecule has 8 nitrogen and oxygen atoms in total. The fraction of sp³-hybridized carbons (Fsp3) is 0.233. The lowest BCUT2D eigenvalue weighted by Gasteiger charge is -2.10. The Morgan fingerprint density at radius 3 is 2.18 bits per heavy atom. The summed E-state index contributed by atoms with van der Waals surface area (Å²) < 4.78 is 21.4. The molecule has 0 bridgehead atoms. The van der Waals surface area contributed by atoms with Crippen LogP contribution in [-0.4, -0.2) is 43.3 Å². The van der Waals surface area contributed by atoms with Crippen LogP contribution < -0.4 is 14.2 Å². The molecule has 1 unspecified atom stereocenters. The van der Waals surface area contributed by atoms with Gasteiger partial charge in [-0.05, 0) is 77.2 Å². The summed E-state index contributed by atoms with van der Waals surface area (Å²) in [6, 6.07) is 17.5. The minimum Gasteiger partial charge on any atom is -0.494 e. The zero-order valence-corrected chi connectivity index (χ0v) is 21.2. The van der Waals surface area contributed by atoms with Gasteiger partial charge in [0.25, 0.3) is 0 Å². The molecule has 0 radical (unpaired) electrons. The van der Waals surface area contributed by atoms with Gasteiger partial charge in [0, 0.05) is 19.4 Å². The summed E-state index contributed by atoms with van der Waals surface area (Å²) in [4.78, 5) is 35.6. The standard InChI is InChI=1S/C30H28O8/c1-18(17-35-3)29(33)38-23-11-13-25-24-12-6-20(15-26(24)19(2)27(25)16-23)30(34)37-22-9-7-21(8-10-22)36-14-4-5-28(31)32/h6-13,15-16,19H,1,4-5,14,17H2,2-3H3,(H,31,32). The molecule has 0 saturated carbocycles. The van der Waals surface area contributed by atoms with E-state index in [2.05, 4.69) is 6.58 Å². The third kappa shape index (κ3) is 6.10. The van der Waals surface area contributed by atoms with Gasteiger partial charge >= 0.3 is 17.9 Å². The van der Waals surface area contributed by atoms with Crippen LogP contribution in [0.3, 0.4) is 0 Å². The number of carboxylic acid groups (broad SMARTS) is 1. The third-order valence-corrected chi connectivity index (χ3v) is 6.19. The molecule has 0 heterocycles. The third-order valence-electron chi connectivity index (χ3n) is 6.19. The van der Waals surface area contributed by atoms with Crippen LogP contribution in [0.25, 0.3) is 11.1 Å². The van der Waals surface area contributed by atoms with Crippen molar-refractivity contribution in [3.05, 3.63) is 89.5 Å². The lowest BCUT2D eigenvalue weighted by atomic mass is 9.98. The number of methoxy groups -OCH3 is 1. The van der Waals surface area contributed by atoms with E-state index in [0.717, 1.165) is 22.3 Å². The molecule has 1 aliphatic rings. The molecular formula is C30H28O8. The summed E-state index contributed by atoms with van der Waals surface area (Å²) in [7, 11) is 1.48. The van der Waals surface area contributed by atoms with E-state index in [1.807, 2.05) is 31.2 Å². The average Bonchev–Trinajstić information content (AvgIpc) is 3.18. The fourth-order valence-corrected chi connectivity index (χ4v) is 4.26. The number of benzene rings is 3. The van der Waals surface area contributed by atoms with E-state index in [1.54, 1.807) is 36.4 Å². The second-order valence-corrected chi connectivity index (χ2v) is 8.91. The van der Waals surface area contributed by atoms with Gasteiger partial charge in [0.1, 0.15) is 17.2 Å². The molecule has 196 valence electrons. The Labute approximate surface area is 220 Å². The number of rotatable bonds is 11. The molecule has 0 aromatic heterocycles. The van der Waals surface area contributed by atoms with E-state index >= 15 is 0 Å². The van der Waals surface area contributed by atoms with Crippen molar-refractivity contribution in [2.24, 2.45) is 0 Å². The molecule has 3 aromatic carbocycles. The number of esters is 2. The van der Waals surface area contributed by atoms with Crippen LogP contribution in [0.4, 0.5) is 0 Å². The Hall–Kier alpha value is -4.43. The molecule has 8 heteroatoms. The van der Waals surface area contributed by atoms with Gasteiger partial charge < -0.3 is 24.1 Å². The van der Waals surface area contributed by atoms with Crippen molar-refractivity contribution >= 4 is 17.9 Å². The molecule has 1 N–H and O–H groups in total. The largest absolute Gasteiger partial charge is 0.494 e. The normalized spacial score (nSPS) is 13.3. The second-order valence-electron chi connectivity index (χ2n) is 8.91. The van der Waals surface area contributed by atoms with Crippen LogP contribution in [0.15, 0.2) is 72.8 Å². The highest BCUT2D eigenvalue weighted by Gasteiger charge is 2.27. The highest BCUT2D eigenvalue weighted by Crippen LogP contribution is 2.46. The number of aliphatic carboxylic acids is 1. The highest BCUT2D eigenvalue weighted by atomic mass is 16.5. The summed E-state index contributed by atoms with van der Waals surface area (Å²) in [6.07, 6.45) is 0.448. The lowest BCUT2D eigenvalue weighted by molar-refractivity contribution is -0.137. The Bertz CT molecular complexity index is 1370. The Balaban J connectivity index is 1.41. The first-order valence-electron chi connectivity index (χ1n) is 12.1. The first-order chi connectivity index (χ1) is 18.3. The van der Waals surface area contributed by atoms with Crippen LogP contribution in [-0.2, 0) is 14.3 Å². The van der Waals surface area contributed by atoms with E-state index in [-0.39, 0.29) is 31.1 Å². The van der Waals surface area contributed by atoms with Gasteiger partial charge in [-0.15, -0.1) is 0 Å². The monoisotopic (exact) mass is 516 g/mol. The number of hydrogen-bond acceptors (Lipinski definition) is 7. The minimum atomic E-state index is -0.865. The Morgan fingerprint density at radius 2 is 1.50 bits per heavy atom. The summed E-state index contributed by atoms with van der Waals surface area (Å²) in [5, 5.41) is 8.68. The van der Waals surface area contributed by atoms with E-state index in [4.69, 9.17) is 24.1 Å². The van der Waals surface area contributed by atoms with Gasteiger partial charge in [0.05, 0.1) is 24.4 Å². The Kier molecular flexibility index (Phi) is 8.23. The van der Waals surface area contributed by atoms with Crippen molar-refractivity contribution in [1.82, 2.24) is 0 Å². The highest BCUT2D eigenvalue weighted by molar-refractivity contribution is 5.93. The SMILES string of the molecule is C=C(COC)C(=O)Oc1ccc2c(c1)C(C)c1cc(C(=O)Oc3ccc(OCCCC(=O)O)cc3)ccc1-2. The van der Waals surface area contributed by atoms with Crippen molar-refractivity contribution in [2.45, 2.75) is 25.7 Å². The topological polar surface area (TPSA) is 108 Å². The van der Waals surface area contributed by atoms with E-state index in [0.29, 0.717) is 29.2 Å². The molecule has 0 spiro atoms. The Morgan fingerprint density at radius 1 is 0.868 bits per heavy atom. The van der Waals surface area contributed by atoms with Crippen LogP contribution in [0.1, 0.15) is 47.2 Å². The number of ether oxygens (including phenoxy) is 4. The number of carbonyl (C=O) groups is 3. The minimum absolute atomic E-state index is 0.0221. The number of carbonyl (C=O) groups excluding carboxylic acids is 2. The molecule has 0 saturated heterocycles. The maximum atomic E-state index is 12.9. The van der Waals surface area contributed by atoms with Gasteiger partial charge in [-0.2, -0.15) is 0 Å². The molecule has 4 rings (SSSR count). The first-order valence-corrected chi connectivity index (χ1v) is 12.1. The molecule has 3 aromatic rings. The number of carboxylic acids is 1. The molecular weight excluding hydrogens is 488 g/mol. The molecule has 1 aliphatic carbocycles. The van der Waals surface area contributed by atoms with Gasteiger partial charge in [-0.1, -0.05) is 25.6 Å². The van der Waals surface area contributed by atoms with Crippen molar-refractivity contribution in [1.29, 1.82) is 0 Å². The molecule has 0 aliphatic heterocycles. The fourth-order valence-electron chi connectivity index (χ4n) is 4.26. The van der Waals surface area contributed by atoms with Gasteiger partial charge in [-0.25, -0.2) is 9.59 Å². The van der Waals surface area contributed by atoms with Crippen molar-refractivity contribution < 1.29 is 38.4 Å². The van der Waals surface area contributed by atoms with Crippen molar-refractivity contribution in [3.8, 4) is 28.4 Å². The summed E-state index contributed by atoms with van der Waals surface area (Å²) in [5.41, 5.74) is 4.64. The van der Waals surface area contributed by atoms with Crippen molar-refractivity contribution in [2.75, 3.05) is 20.3 Å². The van der Waals surface area contributed by atoms with Crippen LogP contribution in [0.2, 0.25) is 0 Å². The first kappa shape index (κ1) is 26.6. The van der Waals surface area contributed by atoms with Gasteiger partial charge in [0.2, 0.25) is 0 Å². The zero-order chi connectivity index (χ0) is 27.2. The summed E-state index contributed by atoms with van der Waals surface area (Å²) >= 11 is 0. The van der Waals surface area contributed by atoms with E-state index in [9.17, 15) is 14.4 Å². The molecule has 0 amide bonds. The predicted molar refractivity (Wildman–Crippen MR) is 140 cm³/mol. The number of fused-ring (bicyclic) bond motifs is 3. The lowest BCUT2D eigenvalue weighted by Crippen LogP contribution is -2.14. The maximum absolute atomic E-state index is 12.9. The molecule has 38 heavy (non-hydrogen) atoms. The smallest absolute Gasteiger partial charge is 0.343 e. The predicted octanol–water partition coefficient (Wildman–Crippen LogP) is 5.39. The average molecular weight is 517 g/mol. The summed E-state index contributed by atoms with van der Waals surface area (Å²) in [6.45, 7) is 6.09. The van der Waals surface area contributed by atoms with E-state index in [1.165, 1.54) is 7.11 Å². The van der Waals surface area contributed by atoms with Gasteiger partial charge in [-0.3, -0.25) is 4.79 Å². The van der Waals surface area contributed by atoms with E-state index < -0.39 is 17.9 Å². The summed E-state index contributed by atoms with van der Waals surface area (Å²) in [5.74, 6) is -0.573. The van der Waals surface area contributed by atoms with Crippen LogP contribution >= 0.6 is 0 Å². The maximum Gasteiger partial charge on any atom is 0.343 e. The quantitative estimate of drug-likeness (QED) is 0.156.